The summed E-state index contributed by atoms with van der Waals surface area (Å²) in [6, 6.07) is 13.0. The summed E-state index contributed by atoms with van der Waals surface area (Å²) >= 11 is 1.56. The Morgan fingerprint density at radius 3 is 2.96 bits per heavy atom. The number of halogens is 1. The molecule has 0 saturated carbocycles. The summed E-state index contributed by atoms with van der Waals surface area (Å²) in [4.78, 5) is 9.95. The lowest BCUT2D eigenvalue weighted by atomic mass is 10.1. The lowest BCUT2D eigenvalue weighted by Gasteiger charge is -2.08. The van der Waals surface area contributed by atoms with E-state index in [0.29, 0.717) is 22.6 Å². The van der Waals surface area contributed by atoms with Gasteiger partial charge in [0.15, 0.2) is 5.82 Å². The van der Waals surface area contributed by atoms with E-state index in [4.69, 9.17) is 0 Å². The maximum atomic E-state index is 14.4. The number of thiophene rings is 1. The van der Waals surface area contributed by atoms with E-state index >= 15 is 0 Å². The molecule has 2 aromatic carbocycles. The lowest BCUT2D eigenvalue weighted by Crippen LogP contribution is -1.97. The van der Waals surface area contributed by atoms with Crippen LogP contribution < -0.4 is 5.32 Å². The number of H-pyrrole nitrogens is 1. The first kappa shape index (κ1) is 15.9. The second kappa shape index (κ2) is 6.14. The first-order chi connectivity index (χ1) is 13.2. The lowest BCUT2D eigenvalue weighted by molar-refractivity contribution is 0.640. The van der Waals surface area contributed by atoms with Crippen molar-refractivity contribution in [1.82, 2.24) is 20.2 Å². The van der Waals surface area contributed by atoms with Crippen LogP contribution in [0.5, 0.6) is 0 Å². The summed E-state index contributed by atoms with van der Waals surface area (Å²) in [6.07, 6.45) is 3.44. The standard InChI is InChI=1S/C20H14FN5S/c1-11-6-15-16(21)8-12(9-18(15)27-11)20-22-5-4-19(25-20)24-14-2-3-17-13(7-14)10-23-26-17/h2-10H,1H3,(H,23,26)(H,22,24,25). The molecular weight excluding hydrogens is 361 g/mol. The molecule has 0 spiro atoms. The predicted octanol–water partition coefficient (Wildman–Crippen LogP) is 5.43. The molecule has 0 aliphatic carbocycles. The maximum Gasteiger partial charge on any atom is 0.161 e. The second-order valence-electron chi connectivity index (χ2n) is 6.29. The van der Waals surface area contributed by atoms with E-state index in [1.807, 2.05) is 37.3 Å². The van der Waals surface area contributed by atoms with Crippen LogP contribution in [0.3, 0.4) is 0 Å². The molecule has 3 aromatic heterocycles. The van der Waals surface area contributed by atoms with E-state index in [9.17, 15) is 4.39 Å². The molecule has 5 rings (SSSR count). The number of hydrogen-bond donors (Lipinski definition) is 2. The van der Waals surface area contributed by atoms with Crippen LogP contribution in [0.4, 0.5) is 15.9 Å². The number of benzene rings is 2. The minimum Gasteiger partial charge on any atom is -0.340 e. The van der Waals surface area contributed by atoms with Crippen LogP contribution in [-0.4, -0.2) is 20.2 Å². The fourth-order valence-corrected chi connectivity index (χ4v) is 4.06. The summed E-state index contributed by atoms with van der Waals surface area (Å²) in [5, 5.41) is 11.9. The van der Waals surface area contributed by atoms with Gasteiger partial charge in [-0.05, 0) is 49.4 Å². The monoisotopic (exact) mass is 375 g/mol. The molecule has 0 radical (unpaired) electrons. The Morgan fingerprint density at radius 1 is 1.11 bits per heavy atom. The Kier molecular flexibility index (Phi) is 3.61. The van der Waals surface area contributed by atoms with Gasteiger partial charge in [0.25, 0.3) is 0 Å². The van der Waals surface area contributed by atoms with Crippen LogP contribution >= 0.6 is 11.3 Å². The molecule has 0 aliphatic heterocycles. The van der Waals surface area contributed by atoms with E-state index in [1.165, 1.54) is 6.07 Å². The minimum absolute atomic E-state index is 0.251. The van der Waals surface area contributed by atoms with Gasteiger partial charge in [0, 0.05) is 37.8 Å². The number of fused-ring (bicyclic) bond motifs is 2. The Bertz CT molecular complexity index is 1290. The second-order valence-corrected chi connectivity index (χ2v) is 7.58. The van der Waals surface area contributed by atoms with Gasteiger partial charge in [-0.3, -0.25) is 5.10 Å². The van der Waals surface area contributed by atoms with Crippen molar-refractivity contribution in [3.8, 4) is 11.4 Å². The Labute approximate surface area is 157 Å². The normalized spacial score (nSPS) is 11.3. The smallest absolute Gasteiger partial charge is 0.161 e. The topological polar surface area (TPSA) is 66.5 Å². The van der Waals surface area contributed by atoms with Gasteiger partial charge in [-0.15, -0.1) is 11.3 Å². The quantitative estimate of drug-likeness (QED) is 0.441. The number of rotatable bonds is 3. The van der Waals surface area contributed by atoms with Gasteiger partial charge < -0.3 is 5.32 Å². The zero-order chi connectivity index (χ0) is 18.4. The number of aromatic nitrogens is 4. The molecule has 0 unspecified atom stereocenters. The Hall–Kier alpha value is -3.32. The van der Waals surface area contributed by atoms with E-state index in [1.54, 1.807) is 29.8 Å². The fraction of sp³-hybridized carbons (Fsp3) is 0.0500. The van der Waals surface area contributed by atoms with Crippen molar-refractivity contribution in [2.24, 2.45) is 0 Å². The van der Waals surface area contributed by atoms with Crippen LogP contribution in [-0.2, 0) is 0 Å². The SMILES string of the molecule is Cc1cc2c(F)cc(-c3nccc(Nc4ccc5[nH]ncc5c4)n3)cc2s1. The fourth-order valence-electron chi connectivity index (χ4n) is 3.09. The maximum absolute atomic E-state index is 14.4. The van der Waals surface area contributed by atoms with E-state index in [2.05, 4.69) is 25.5 Å². The van der Waals surface area contributed by atoms with E-state index in [-0.39, 0.29) is 5.82 Å². The summed E-state index contributed by atoms with van der Waals surface area (Å²) in [7, 11) is 0. The number of aryl methyl sites for hydroxylation is 1. The highest BCUT2D eigenvalue weighted by atomic mass is 32.1. The average Bonchev–Trinajstić information content (AvgIpc) is 3.27. The third-order valence-electron chi connectivity index (χ3n) is 4.34. The highest BCUT2D eigenvalue weighted by Crippen LogP contribution is 2.31. The molecule has 0 amide bonds. The number of anilines is 2. The number of nitrogens with one attached hydrogen (secondary N) is 2. The first-order valence-corrected chi connectivity index (χ1v) is 9.21. The van der Waals surface area contributed by atoms with Crippen LogP contribution in [0.25, 0.3) is 32.4 Å². The van der Waals surface area contributed by atoms with Crippen molar-refractivity contribution in [1.29, 1.82) is 0 Å². The third-order valence-corrected chi connectivity index (χ3v) is 5.33. The first-order valence-electron chi connectivity index (χ1n) is 8.39. The molecule has 0 atom stereocenters. The zero-order valence-electron chi connectivity index (χ0n) is 14.3. The van der Waals surface area contributed by atoms with Crippen molar-refractivity contribution in [2.45, 2.75) is 6.92 Å². The molecule has 3 heterocycles. The molecule has 0 aliphatic rings. The highest BCUT2D eigenvalue weighted by Gasteiger charge is 2.11. The summed E-state index contributed by atoms with van der Waals surface area (Å²) in [6.45, 7) is 1.97. The third kappa shape index (κ3) is 2.92. The van der Waals surface area contributed by atoms with Gasteiger partial charge >= 0.3 is 0 Å². The van der Waals surface area contributed by atoms with Crippen molar-refractivity contribution in [2.75, 3.05) is 5.32 Å². The summed E-state index contributed by atoms with van der Waals surface area (Å²) in [5.41, 5.74) is 2.53. The Morgan fingerprint density at radius 2 is 2.04 bits per heavy atom. The molecule has 2 N–H and O–H groups in total. The molecule has 132 valence electrons. The van der Waals surface area contributed by atoms with Crippen LogP contribution in [0, 0.1) is 12.7 Å². The van der Waals surface area contributed by atoms with E-state index in [0.717, 1.165) is 26.2 Å². The van der Waals surface area contributed by atoms with Gasteiger partial charge in [0.1, 0.15) is 11.6 Å². The number of nitrogens with zero attached hydrogens (tertiary/aromatic N) is 3. The largest absolute Gasteiger partial charge is 0.340 e. The molecule has 5 aromatic rings. The van der Waals surface area contributed by atoms with Crippen LogP contribution in [0.15, 0.2) is 54.9 Å². The van der Waals surface area contributed by atoms with Crippen LogP contribution in [0.2, 0.25) is 0 Å². The molecule has 0 saturated heterocycles. The van der Waals surface area contributed by atoms with Gasteiger partial charge in [-0.25, -0.2) is 14.4 Å². The molecule has 0 bridgehead atoms. The molecule has 5 nitrogen and oxygen atoms in total. The summed E-state index contributed by atoms with van der Waals surface area (Å²) in [5.74, 6) is 0.876. The van der Waals surface area contributed by atoms with Gasteiger partial charge in [-0.2, -0.15) is 5.10 Å². The van der Waals surface area contributed by atoms with Gasteiger partial charge in [0.05, 0.1) is 11.7 Å². The van der Waals surface area contributed by atoms with Gasteiger partial charge in [0.2, 0.25) is 0 Å². The highest BCUT2D eigenvalue weighted by molar-refractivity contribution is 7.19. The minimum atomic E-state index is -0.251. The predicted molar refractivity (Wildman–Crippen MR) is 107 cm³/mol. The number of hydrogen-bond acceptors (Lipinski definition) is 5. The molecule has 0 fully saturated rings. The van der Waals surface area contributed by atoms with Gasteiger partial charge in [-0.1, -0.05) is 0 Å². The number of aromatic amines is 1. The van der Waals surface area contributed by atoms with Crippen molar-refractivity contribution in [3.05, 3.63) is 65.6 Å². The van der Waals surface area contributed by atoms with E-state index < -0.39 is 0 Å². The Balaban J connectivity index is 1.51. The van der Waals surface area contributed by atoms with Crippen LogP contribution in [0.1, 0.15) is 4.88 Å². The average molecular weight is 375 g/mol. The zero-order valence-corrected chi connectivity index (χ0v) is 15.1. The molecule has 7 heteroatoms. The molecule has 27 heavy (non-hydrogen) atoms. The van der Waals surface area contributed by atoms with Crippen molar-refractivity contribution < 1.29 is 4.39 Å². The summed E-state index contributed by atoms with van der Waals surface area (Å²) < 4.78 is 15.3. The molecular formula is C20H14FN5S. The van der Waals surface area contributed by atoms with Crippen molar-refractivity contribution >= 4 is 43.8 Å². The van der Waals surface area contributed by atoms with Crippen molar-refractivity contribution in [3.63, 3.8) is 0 Å².